The molecule has 0 bridgehead atoms. The van der Waals surface area contributed by atoms with Crippen LogP contribution in [0, 0.1) is 17.0 Å². The van der Waals surface area contributed by atoms with Gasteiger partial charge in [0, 0.05) is 10.9 Å². The lowest BCUT2D eigenvalue weighted by molar-refractivity contribution is -0.384. The number of nitrogen functional groups attached to an aromatic ring is 1. The van der Waals surface area contributed by atoms with Crippen LogP contribution in [0.25, 0.3) is 32.6 Å². The van der Waals surface area contributed by atoms with E-state index in [0.717, 1.165) is 39.3 Å². The number of thiophene rings is 1. The Labute approximate surface area is 216 Å². The molecule has 8 nitrogen and oxygen atoms in total. The van der Waals surface area contributed by atoms with Gasteiger partial charge in [-0.15, -0.1) is 11.3 Å². The molecule has 0 radical (unpaired) electrons. The maximum Gasteiger partial charge on any atom is 0.296 e. The van der Waals surface area contributed by atoms with Crippen molar-refractivity contribution in [2.45, 2.75) is 6.92 Å². The summed E-state index contributed by atoms with van der Waals surface area (Å²) in [6.45, 7) is 2.01. The highest BCUT2D eigenvalue weighted by atomic mass is 32.1. The van der Waals surface area contributed by atoms with Gasteiger partial charge < -0.3 is 15.8 Å². The van der Waals surface area contributed by atoms with Crippen molar-refractivity contribution in [2.75, 3.05) is 18.2 Å². The molecule has 184 valence electrons. The molecule has 2 heterocycles. The highest BCUT2D eigenvalue weighted by Crippen LogP contribution is 2.42. The van der Waals surface area contributed by atoms with E-state index >= 15 is 0 Å². The first kappa shape index (κ1) is 24.0. The molecule has 0 aliphatic heterocycles. The fourth-order valence-corrected chi connectivity index (χ4v) is 5.10. The van der Waals surface area contributed by atoms with Crippen LogP contribution in [0.5, 0.6) is 5.75 Å². The Kier molecular flexibility index (Phi) is 6.29. The Morgan fingerprint density at radius 3 is 2.43 bits per heavy atom. The van der Waals surface area contributed by atoms with Crippen molar-refractivity contribution in [3.63, 3.8) is 0 Å². The van der Waals surface area contributed by atoms with Crippen molar-refractivity contribution < 1.29 is 14.5 Å². The molecule has 5 aromatic rings. The minimum Gasteiger partial charge on any atom is -0.496 e. The van der Waals surface area contributed by atoms with Gasteiger partial charge in [0.25, 0.3) is 11.6 Å². The Morgan fingerprint density at radius 2 is 1.76 bits per heavy atom. The number of fused-ring (bicyclic) bond motifs is 1. The largest absolute Gasteiger partial charge is 0.496 e. The van der Waals surface area contributed by atoms with Gasteiger partial charge in [-0.25, -0.2) is 4.98 Å². The predicted molar refractivity (Wildman–Crippen MR) is 147 cm³/mol. The molecule has 3 N–H and O–H groups in total. The Bertz CT molecular complexity index is 1650. The van der Waals surface area contributed by atoms with Crippen LogP contribution in [-0.2, 0) is 0 Å². The molecule has 0 saturated heterocycles. The fraction of sp³-hybridized carbons (Fsp3) is 0.0714. The van der Waals surface area contributed by atoms with E-state index in [9.17, 15) is 14.9 Å². The number of ether oxygens (including phenoxy) is 1. The number of aromatic nitrogens is 1. The minimum atomic E-state index is -0.574. The summed E-state index contributed by atoms with van der Waals surface area (Å²) in [7, 11) is 1.41. The average molecular weight is 511 g/mol. The number of amides is 1. The number of hydrogen-bond acceptors (Lipinski definition) is 7. The number of nitrogens with two attached hydrogens (primary N) is 1. The van der Waals surface area contributed by atoms with E-state index in [1.807, 2.05) is 67.6 Å². The third kappa shape index (κ3) is 4.60. The SMILES string of the molecule is COc1ccc(NC(=O)c2sc3nc(-c4ccccc4)cc(-c4ccc(C)cc4)c3c2N)c([N+](=O)[O-])c1. The lowest BCUT2D eigenvalue weighted by Crippen LogP contribution is -2.13. The lowest BCUT2D eigenvalue weighted by atomic mass is 9.98. The Morgan fingerprint density at radius 1 is 1.03 bits per heavy atom. The number of rotatable bonds is 6. The van der Waals surface area contributed by atoms with E-state index in [4.69, 9.17) is 15.5 Å². The summed E-state index contributed by atoms with van der Waals surface area (Å²) in [5.41, 5.74) is 11.2. The van der Waals surface area contributed by atoms with Crippen LogP contribution in [0.1, 0.15) is 15.2 Å². The minimum absolute atomic E-state index is 0.0457. The van der Waals surface area contributed by atoms with Crippen molar-refractivity contribution >= 4 is 44.5 Å². The summed E-state index contributed by atoms with van der Waals surface area (Å²) in [4.78, 5) is 30.0. The number of nitrogens with zero attached hydrogens (tertiary/aromatic N) is 2. The van der Waals surface area contributed by atoms with Crippen LogP contribution in [0.15, 0.2) is 78.9 Å². The second kappa shape index (κ2) is 9.71. The van der Waals surface area contributed by atoms with E-state index < -0.39 is 10.8 Å². The standard InChI is InChI=1S/C28H22N4O4S/c1-16-8-10-17(11-9-16)20-15-22(18-6-4-3-5-7-18)31-28-24(20)25(29)26(37-28)27(33)30-21-13-12-19(36-2)14-23(21)32(34)35/h3-15H,29H2,1-2H3,(H,30,33). The van der Waals surface area contributed by atoms with E-state index in [-0.39, 0.29) is 21.9 Å². The number of carbonyl (C=O) groups excluding carboxylic acids is 1. The molecule has 0 aliphatic rings. The third-order valence-electron chi connectivity index (χ3n) is 5.99. The second-order valence-electron chi connectivity index (χ2n) is 8.41. The molecule has 37 heavy (non-hydrogen) atoms. The first-order valence-electron chi connectivity index (χ1n) is 11.3. The van der Waals surface area contributed by atoms with Gasteiger partial charge in [-0.2, -0.15) is 0 Å². The van der Waals surface area contributed by atoms with Crippen molar-refractivity contribution in [2.24, 2.45) is 0 Å². The molecule has 0 saturated carbocycles. The second-order valence-corrected chi connectivity index (χ2v) is 9.41. The molecule has 2 aromatic heterocycles. The molecule has 3 aromatic carbocycles. The molecule has 1 amide bonds. The first-order valence-corrected chi connectivity index (χ1v) is 12.2. The Balaban J connectivity index is 1.64. The normalized spacial score (nSPS) is 10.9. The summed E-state index contributed by atoms with van der Waals surface area (Å²) in [5.74, 6) is -0.239. The number of methoxy groups -OCH3 is 1. The van der Waals surface area contributed by atoms with Gasteiger partial charge in [0.2, 0.25) is 0 Å². The molecule has 9 heteroatoms. The number of aryl methyl sites for hydroxylation is 1. The molecule has 5 rings (SSSR count). The van der Waals surface area contributed by atoms with Crippen LogP contribution in [0.4, 0.5) is 17.1 Å². The number of anilines is 2. The number of benzene rings is 3. The van der Waals surface area contributed by atoms with Gasteiger partial charge in [0.05, 0.1) is 29.5 Å². The summed E-state index contributed by atoms with van der Waals surface area (Å²) in [5, 5.41) is 14.9. The van der Waals surface area contributed by atoms with Crippen LogP contribution >= 0.6 is 11.3 Å². The Hall–Kier alpha value is -4.76. The molecule has 0 spiro atoms. The number of carbonyl (C=O) groups is 1. The molecular weight excluding hydrogens is 488 g/mol. The van der Waals surface area contributed by atoms with Crippen molar-refractivity contribution in [3.05, 3.63) is 99.4 Å². The number of nitro benzene ring substituents is 1. The van der Waals surface area contributed by atoms with Crippen LogP contribution < -0.4 is 15.8 Å². The summed E-state index contributed by atoms with van der Waals surface area (Å²) in [6.07, 6.45) is 0. The lowest BCUT2D eigenvalue weighted by Gasteiger charge is -2.09. The van der Waals surface area contributed by atoms with Crippen LogP contribution in [-0.4, -0.2) is 22.9 Å². The highest BCUT2D eigenvalue weighted by molar-refractivity contribution is 7.21. The maximum absolute atomic E-state index is 13.3. The topological polar surface area (TPSA) is 120 Å². The van der Waals surface area contributed by atoms with Crippen molar-refractivity contribution in [1.82, 2.24) is 4.98 Å². The zero-order valence-corrected chi connectivity index (χ0v) is 20.8. The number of hydrogen-bond donors (Lipinski definition) is 2. The van der Waals surface area contributed by atoms with E-state index in [1.165, 1.54) is 19.2 Å². The zero-order valence-electron chi connectivity index (χ0n) is 20.0. The molecule has 0 unspecified atom stereocenters. The summed E-state index contributed by atoms with van der Waals surface area (Å²) in [6, 6.07) is 24.0. The van der Waals surface area contributed by atoms with Gasteiger partial charge in [0.15, 0.2) is 0 Å². The molecule has 0 atom stereocenters. The van der Waals surface area contributed by atoms with Gasteiger partial charge in [0.1, 0.15) is 21.1 Å². The van der Waals surface area contributed by atoms with Crippen molar-refractivity contribution in [3.8, 4) is 28.1 Å². The zero-order chi connectivity index (χ0) is 26.1. The highest BCUT2D eigenvalue weighted by Gasteiger charge is 2.24. The van der Waals surface area contributed by atoms with Gasteiger partial charge in [-0.1, -0.05) is 60.2 Å². The van der Waals surface area contributed by atoms with E-state index in [2.05, 4.69) is 5.32 Å². The fourth-order valence-electron chi connectivity index (χ4n) is 4.08. The van der Waals surface area contributed by atoms with Crippen molar-refractivity contribution in [1.29, 1.82) is 0 Å². The number of nitro groups is 1. The molecular formula is C28H22N4O4S. The van der Waals surface area contributed by atoms with Gasteiger partial charge >= 0.3 is 0 Å². The number of pyridine rings is 1. The summed E-state index contributed by atoms with van der Waals surface area (Å²) >= 11 is 1.15. The van der Waals surface area contributed by atoms with E-state index in [1.54, 1.807) is 6.07 Å². The average Bonchev–Trinajstić information content (AvgIpc) is 3.25. The van der Waals surface area contributed by atoms with E-state index in [0.29, 0.717) is 16.0 Å². The number of nitrogens with one attached hydrogen (secondary N) is 1. The van der Waals surface area contributed by atoms with Gasteiger partial charge in [-0.3, -0.25) is 14.9 Å². The maximum atomic E-state index is 13.3. The van der Waals surface area contributed by atoms with Crippen LogP contribution in [0.2, 0.25) is 0 Å². The van der Waals surface area contributed by atoms with Gasteiger partial charge in [-0.05, 0) is 36.2 Å². The predicted octanol–water partition coefficient (Wildman–Crippen LogP) is 6.69. The molecule has 0 aliphatic carbocycles. The molecule has 0 fully saturated rings. The van der Waals surface area contributed by atoms with Crippen LogP contribution in [0.3, 0.4) is 0 Å². The quantitative estimate of drug-likeness (QED) is 0.194. The first-order chi connectivity index (χ1) is 17.9. The monoisotopic (exact) mass is 510 g/mol. The smallest absolute Gasteiger partial charge is 0.296 e. The third-order valence-corrected chi connectivity index (χ3v) is 7.09. The summed E-state index contributed by atoms with van der Waals surface area (Å²) < 4.78 is 5.08.